The minimum Gasteiger partial charge on any atom is -0.378 e. The summed E-state index contributed by atoms with van der Waals surface area (Å²) in [5.41, 5.74) is 0. The van der Waals surface area contributed by atoms with E-state index in [2.05, 4.69) is 5.32 Å². The van der Waals surface area contributed by atoms with E-state index >= 15 is 0 Å². The van der Waals surface area contributed by atoms with Gasteiger partial charge in [-0.15, -0.1) is 0 Å². The van der Waals surface area contributed by atoms with Gasteiger partial charge >= 0.3 is 0 Å². The Balaban J connectivity index is 1.59. The molecule has 3 unspecified atom stereocenters. The number of sulfonamides is 1. The Kier molecular flexibility index (Phi) is 8.08. The van der Waals surface area contributed by atoms with Gasteiger partial charge in [0, 0.05) is 32.7 Å². The van der Waals surface area contributed by atoms with Crippen LogP contribution in [-0.2, 0) is 29.0 Å². The predicted octanol–water partition coefficient (Wildman–Crippen LogP) is 0.127. The third kappa shape index (κ3) is 7.18. The zero-order valence-electron chi connectivity index (χ0n) is 15.1. The summed E-state index contributed by atoms with van der Waals surface area (Å²) in [6.45, 7) is 6.14. The summed E-state index contributed by atoms with van der Waals surface area (Å²) in [7, 11) is -3.39. The molecule has 0 aromatic rings. The van der Waals surface area contributed by atoms with Gasteiger partial charge in [0.2, 0.25) is 15.9 Å². The smallest absolute Gasteiger partial charge is 0.222 e. The first-order chi connectivity index (χ1) is 11.9. The molecule has 0 aromatic carbocycles. The highest BCUT2D eigenvalue weighted by molar-refractivity contribution is 7.89. The maximum atomic E-state index is 12.3. The summed E-state index contributed by atoms with van der Waals surface area (Å²) in [6.07, 6.45) is 2.19. The fraction of sp³-hybridized carbons (Fsp3) is 0.938. The van der Waals surface area contributed by atoms with Gasteiger partial charge in [-0.3, -0.25) is 4.79 Å². The first-order valence-electron chi connectivity index (χ1n) is 8.96. The third-order valence-corrected chi connectivity index (χ3v) is 6.07. The lowest BCUT2D eigenvalue weighted by molar-refractivity contribution is -0.122. The first-order valence-corrected chi connectivity index (χ1v) is 10.6. The second-order valence-corrected chi connectivity index (χ2v) is 8.79. The fourth-order valence-electron chi connectivity index (χ4n) is 3.05. The van der Waals surface area contributed by atoms with Gasteiger partial charge in [0.25, 0.3) is 0 Å². The van der Waals surface area contributed by atoms with Gasteiger partial charge in [-0.2, -0.15) is 4.31 Å². The van der Waals surface area contributed by atoms with Crippen LogP contribution in [0.15, 0.2) is 0 Å². The maximum Gasteiger partial charge on any atom is 0.222 e. The van der Waals surface area contributed by atoms with E-state index in [1.165, 1.54) is 4.31 Å². The van der Waals surface area contributed by atoms with Gasteiger partial charge in [0.15, 0.2) is 0 Å². The topological polar surface area (TPSA) is 94.2 Å². The van der Waals surface area contributed by atoms with Gasteiger partial charge in [-0.1, -0.05) is 0 Å². The van der Waals surface area contributed by atoms with Crippen molar-refractivity contribution in [1.29, 1.82) is 0 Å². The molecule has 2 aliphatic heterocycles. The van der Waals surface area contributed by atoms with E-state index < -0.39 is 10.0 Å². The number of ether oxygens (including phenoxy) is 3. The van der Waals surface area contributed by atoms with E-state index in [0.717, 1.165) is 19.4 Å². The van der Waals surface area contributed by atoms with Crippen LogP contribution in [-0.4, -0.2) is 82.1 Å². The Labute approximate surface area is 150 Å². The number of hydrogen-bond acceptors (Lipinski definition) is 6. The minimum absolute atomic E-state index is 0.102. The summed E-state index contributed by atoms with van der Waals surface area (Å²) in [5.74, 6) is -0.305. The van der Waals surface area contributed by atoms with Crippen molar-refractivity contribution < 1.29 is 27.4 Å². The molecule has 0 saturated carbocycles. The summed E-state index contributed by atoms with van der Waals surface area (Å²) in [4.78, 5) is 11.8. The van der Waals surface area contributed by atoms with Crippen molar-refractivity contribution >= 4 is 15.9 Å². The quantitative estimate of drug-likeness (QED) is 0.573. The van der Waals surface area contributed by atoms with Crippen molar-refractivity contribution in [3.8, 4) is 0 Å². The molecule has 0 aromatic heterocycles. The molecule has 1 N–H and O–H groups in total. The molecule has 2 rings (SSSR count). The molecule has 1 amide bonds. The van der Waals surface area contributed by atoms with Crippen LogP contribution in [0, 0.1) is 0 Å². The molecular weight excluding hydrogens is 348 g/mol. The van der Waals surface area contributed by atoms with Crippen molar-refractivity contribution in [2.45, 2.75) is 51.4 Å². The zero-order valence-corrected chi connectivity index (χ0v) is 15.9. The number of carbonyl (C=O) groups excluding carboxylic acids is 1. The molecule has 25 heavy (non-hydrogen) atoms. The van der Waals surface area contributed by atoms with E-state index in [1.807, 2.05) is 13.8 Å². The summed E-state index contributed by atoms with van der Waals surface area (Å²) in [6, 6.07) is 0. The van der Waals surface area contributed by atoms with Gasteiger partial charge in [-0.25, -0.2) is 8.42 Å². The molecule has 0 radical (unpaired) electrons. The molecule has 3 atom stereocenters. The number of nitrogens with one attached hydrogen (secondary N) is 1. The Hall–Kier alpha value is -0.740. The Morgan fingerprint density at radius 1 is 1.28 bits per heavy atom. The molecule has 2 aliphatic rings. The lowest BCUT2D eigenvalue weighted by Crippen LogP contribution is -2.49. The van der Waals surface area contributed by atoms with Crippen molar-refractivity contribution in [3.05, 3.63) is 0 Å². The molecule has 0 aliphatic carbocycles. The highest BCUT2D eigenvalue weighted by Crippen LogP contribution is 2.14. The van der Waals surface area contributed by atoms with Gasteiger partial charge in [0.05, 0.1) is 37.3 Å². The highest BCUT2D eigenvalue weighted by Gasteiger charge is 2.30. The molecule has 9 heteroatoms. The van der Waals surface area contributed by atoms with Gasteiger partial charge in [0.1, 0.15) is 0 Å². The predicted molar refractivity (Wildman–Crippen MR) is 92.8 cm³/mol. The lowest BCUT2D eigenvalue weighted by atomic mass is 10.2. The normalized spacial score (nSPS) is 28.2. The molecule has 8 nitrogen and oxygen atoms in total. The second-order valence-electron chi connectivity index (χ2n) is 6.70. The number of nitrogens with zero attached hydrogens (tertiary/aromatic N) is 1. The van der Waals surface area contributed by atoms with Crippen LogP contribution >= 0.6 is 0 Å². The van der Waals surface area contributed by atoms with E-state index in [4.69, 9.17) is 14.2 Å². The monoisotopic (exact) mass is 378 g/mol. The van der Waals surface area contributed by atoms with Crippen LogP contribution < -0.4 is 5.32 Å². The van der Waals surface area contributed by atoms with E-state index in [-0.39, 0.29) is 42.9 Å². The van der Waals surface area contributed by atoms with Crippen molar-refractivity contribution in [1.82, 2.24) is 9.62 Å². The van der Waals surface area contributed by atoms with Crippen LogP contribution in [0.25, 0.3) is 0 Å². The number of carbonyl (C=O) groups is 1. The van der Waals surface area contributed by atoms with Crippen molar-refractivity contribution in [3.63, 3.8) is 0 Å². The fourth-order valence-corrected chi connectivity index (χ4v) is 4.54. The number of rotatable bonds is 9. The average molecular weight is 378 g/mol. The standard InChI is InChI=1S/C16H30N2O6S/c1-13-10-18(11-14(2)24-13)25(20,21)9-6-17-16(19)5-8-22-12-15-4-3-7-23-15/h13-15H,3-12H2,1-2H3,(H,17,19). The van der Waals surface area contributed by atoms with Crippen LogP contribution in [0.2, 0.25) is 0 Å². The Morgan fingerprint density at radius 3 is 2.64 bits per heavy atom. The average Bonchev–Trinajstić information content (AvgIpc) is 3.04. The maximum absolute atomic E-state index is 12.3. The van der Waals surface area contributed by atoms with Crippen LogP contribution in [0.5, 0.6) is 0 Å². The molecule has 2 heterocycles. The Morgan fingerprint density at radius 2 is 2.00 bits per heavy atom. The largest absolute Gasteiger partial charge is 0.378 e. The van der Waals surface area contributed by atoms with Crippen LogP contribution in [0.1, 0.15) is 33.1 Å². The summed E-state index contributed by atoms with van der Waals surface area (Å²) >= 11 is 0. The molecule has 146 valence electrons. The van der Waals surface area contributed by atoms with E-state index in [9.17, 15) is 13.2 Å². The lowest BCUT2D eigenvalue weighted by Gasteiger charge is -2.34. The van der Waals surface area contributed by atoms with E-state index in [1.54, 1.807) is 0 Å². The second kappa shape index (κ2) is 9.82. The van der Waals surface area contributed by atoms with E-state index in [0.29, 0.717) is 26.3 Å². The van der Waals surface area contributed by atoms with Crippen molar-refractivity contribution in [2.75, 3.05) is 45.2 Å². The molecule has 2 saturated heterocycles. The molecule has 0 spiro atoms. The van der Waals surface area contributed by atoms with Crippen LogP contribution in [0.3, 0.4) is 0 Å². The third-order valence-electron chi connectivity index (χ3n) is 4.26. The van der Waals surface area contributed by atoms with Gasteiger partial charge < -0.3 is 19.5 Å². The Bertz CT molecular complexity index is 511. The molecule has 2 fully saturated rings. The van der Waals surface area contributed by atoms with Crippen molar-refractivity contribution in [2.24, 2.45) is 0 Å². The number of morpholine rings is 1. The number of amides is 1. The molecule has 0 bridgehead atoms. The summed E-state index contributed by atoms with van der Waals surface area (Å²) in [5, 5.41) is 2.64. The SMILES string of the molecule is CC1CN(S(=O)(=O)CCNC(=O)CCOCC2CCCO2)CC(C)O1. The summed E-state index contributed by atoms with van der Waals surface area (Å²) < 4.78 is 42.5. The number of hydrogen-bond donors (Lipinski definition) is 1. The highest BCUT2D eigenvalue weighted by atomic mass is 32.2. The zero-order chi connectivity index (χ0) is 18.3. The molecular formula is C16H30N2O6S. The van der Waals surface area contributed by atoms with Crippen LogP contribution in [0.4, 0.5) is 0 Å². The van der Waals surface area contributed by atoms with Gasteiger partial charge in [-0.05, 0) is 26.7 Å². The minimum atomic E-state index is -3.39. The first kappa shape index (κ1) is 20.6.